The number of alkyl halides is 1. The molecule has 1 aliphatic rings. The lowest BCUT2D eigenvalue weighted by Crippen LogP contribution is -2.34. The van der Waals surface area contributed by atoms with Crippen LogP contribution in [0, 0.1) is 0 Å². The molecule has 1 atom stereocenters. The van der Waals surface area contributed by atoms with Crippen molar-refractivity contribution in [2.45, 2.75) is 43.9 Å². The Labute approximate surface area is 102 Å². The van der Waals surface area contributed by atoms with Gasteiger partial charge in [-0.05, 0) is 6.42 Å². The maximum absolute atomic E-state index is 11.5. The van der Waals surface area contributed by atoms with E-state index in [0.717, 1.165) is 12.8 Å². The van der Waals surface area contributed by atoms with Crippen LogP contribution in [0.15, 0.2) is 0 Å². The Morgan fingerprint density at radius 3 is 2.50 bits per heavy atom. The van der Waals surface area contributed by atoms with Crippen LogP contribution in [-0.2, 0) is 19.2 Å². The highest BCUT2D eigenvalue weighted by molar-refractivity contribution is 9.10. The molecule has 1 heterocycles. The van der Waals surface area contributed by atoms with Crippen molar-refractivity contribution in [1.82, 2.24) is 5.06 Å². The molecule has 1 aliphatic heterocycles. The monoisotopic (exact) mass is 291 g/mol. The van der Waals surface area contributed by atoms with Gasteiger partial charge in [-0.1, -0.05) is 35.7 Å². The van der Waals surface area contributed by atoms with Crippen molar-refractivity contribution in [1.29, 1.82) is 0 Å². The molecule has 1 rings (SSSR count). The zero-order chi connectivity index (χ0) is 12.1. The fourth-order valence-corrected chi connectivity index (χ4v) is 1.71. The second-order valence-electron chi connectivity index (χ2n) is 3.60. The minimum Gasteiger partial charge on any atom is -0.329 e. The Balaban J connectivity index is 2.44. The van der Waals surface area contributed by atoms with Crippen LogP contribution in [0.25, 0.3) is 0 Å². The topological polar surface area (TPSA) is 63.7 Å². The van der Waals surface area contributed by atoms with E-state index in [1.807, 2.05) is 6.92 Å². The van der Waals surface area contributed by atoms with Crippen LogP contribution in [-0.4, -0.2) is 27.7 Å². The van der Waals surface area contributed by atoms with Crippen molar-refractivity contribution in [3.63, 3.8) is 0 Å². The number of amides is 2. The van der Waals surface area contributed by atoms with E-state index < -0.39 is 22.6 Å². The summed E-state index contributed by atoms with van der Waals surface area (Å²) in [7, 11) is 0. The highest BCUT2D eigenvalue weighted by atomic mass is 79.9. The molecule has 0 bridgehead atoms. The predicted molar refractivity (Wildman–Crippen MR) is 59.4 cm³/mol. The smallest absolute Gasteiger partial charge is 0.329 e. The number of carbonyl (C=O) groups excluding carboxylic acids is 3. The Morgan fingerprint density at radius 2 is 2.00 bits per heavy atom. The van der Waals surface area contributed by atoms with Crippen LogP contribution < -0.4 is 0 Å². The minimum atomic E-state index is -0.586. The average Bonchev–Trinajstić information content (AvgIpc) is 2.57. The van der Waals surface area contributed by atoms with Crippen LogP contribution in [0.3, 0.4) is 0 Å². The molecule has 0 aromatic carbocycles. The molecule has 90 valence electrons. The van der Waals surface area contributed by atoms with Gasteiger partial charge in [-0.15, -0.1) is 5.06 Å². The largest absolute Gasteiger partial charge is 0.346 e. The number of unbranched alkanes of at least 4 members (excludes halogenated alkanes) is 1. The maximum atomic E-state index is 11.5. The molecular formula is C10H14BrNO4. The average molecular weight is 292 g/mol. The fraction of sp³-hybridized carbons (Fsp3) is 0.700. The van der Waals surface area contributed by atoms with Gasteiger partial charge in [0.05, 0.1) is 0 Å². The van der Waals surface area contributed by atoms with Crippen LogP contribution in [0.2, 0.25) is 0 Å². The van der Waals surface area contributed by atoms with E-state index >= 15 is 0 Å². The Kier molecular flexibility index (Phi) is 4.92. The number of nitrogens with zero attached hydrogens (tertiary/aromatic N) is 1. The summed E-state index contributed by atoms with van der Waals surface area (Å²) in [6, 6.07) is 0. The van der Waals surface area contributed by atoms with Gasteiger partial charge in [-0.25, -0.2) is 4.79 Å². The Hall–Kier alpha value is -0.910. The van der Waals surface area contributed by atoms with Gasteiger partial charge in [0, 0.05) is 12.8 Å². The second kappa shape index (κ2) is 5.98. The molecule has 0 N–H and O–H groups in total. The SMILES string of the molecule is CCCCC(Br)C(=O)ON1C(=O)CCC1=O. The summed E-state index contributed by atoms with van der Waals surface area (Å²) in [4.78, 5) is 38.1. The fourth-order valence-electron chi connectivity index (χ4n) is 1.31. The first-order chi connectivity index (χ1) is 7.56. The molecular weight excluding hydrogens is 278 g/mol. The van der Waals surface area contributed by atoms with Crippen LogP contribution in [0.5, 0.6) is 0 Å². The zero-order valence-electron chi connectivity index (χ0n) is 9.07. The number of hydrogen-bond donors (Lipinski definition) is 0. The lowest BCUT2D eigenvalue weighted by Gasteiger charge is -2.15. The standard InChI is InChI=1S/C10H14BrNO4/c1-2-3-4-7(11)10(15)16-12-8(13)5-6-9(12)14/h7H,2-6H2,1H3. The van der Waals surface area contributed by atoms with Gasteiger partial charge in [-0.2, -0.15) is 0 Å². The van der Waals surface area contributed by atoms with Crippen molar-refractivity contribution in [2.24, 2.45) is 0 Å². The number of imide groups is 1. The molecule has 0 saturated carbocycles. The van der Waals surface area contributed by atoms with Crippen molar-refractivity contribution >= 4 is 33.7 Å². The molecule has 0 spiro atoms. The normalized spacial score (nSPS) is 17.8. The van der Waals surface area contributed by atoms with Gasteiger partial charge >= 0.3 is 5.97 Å². The third-order valence-corrected chi connectivity index (χ3v) is 3.09. The first-order valence-corrected chi connectivity index (χ1v) is 6.19. The molecule has 0 aromatic heterocycles. The van der Waals surface area contributed by atoms with Crippen LogP contribution in [0.4, 0.5) is 0 Å². The third kappa shape index (κ3) is 3.30. The highest BCUT2D eigenvalue weighted by Gasteiger charge is 2.34. The van der Waals surface area contributed by atoms with Gasteiger partial charge in [0.25, 0.3) is 11.8 Å². The van der Waals surface area contributed by atoms with Gasteiger partial charge < -0.3 is 4.84 Å². The molecule has 1 fully saturated rings. The molecule has 0 radical (unpaired) electrons. The Bertz CT molecular complexity index is 289. The quantitative estimate of drug-likeness (QED) is 0.569. The maximum Gasteiger partial charge on any atom is 0.346 e. The first-order valence-electron chi connectivity index (χ1n) is 5.28. The summed E-state index contributed by atoms with van der Waals surface area (Å²) in [5.74, 6) is -1.49. The third-order valence-electron chi connectivity index (χ3n) is 2.25. The zero-order valence-corrected chi connectivity index (χ0v) is 10.7. The van der Waals surface area contributed by atoms with Crippen molar-refractivity contribution in [3.05, 3.63) is 0 Å². The van der Waals surface area contributed by atoms with Gasteiger partial charge in [-0.3, -0.25) is 9.59 Å². The summed E-state index contributed by atoms with van der Waals surface area (Å²) in [6.45, 7) is 2.01. The molecule has 16 heavy (non-hydrogen) atoms. The summed E-state index contributed by atoms with van der Waals surface area (Å²) in [5.41, 5.74) is 0. The van der Waals surface area contributed by atoms with E-state index in [9.17, 15) is 14.4 Å². The number of hydrogen-bond acceptors (Lipinski definition) is 4. The molecule has 1 unspecified atom stereocenters. The van der Waals surface area contributed by atoms with Crippen molar-refractivity contribution in [2.75, 3.05) is 0 Å². The molecule has 5 nitrogen and oxygen atoms in total. The lowest BCUT2D eigenvalue weighted by molar-refractivity contribution is -0.197. The van der Waals surface area contributed by atoms with E-state index in [4.69, 9.17) is 4.84 Å². The summed E-state index contributed by atoms with van der Waals surface area (Å²) >= 11 is 3.17. The number of carbonyl (C=O) groups is 3. The van der Waals surface area contributed by atoms with Crippen molar-refractivity contribution in [3.8, 4) is 0 Å². The van der Waals surface area contributed by atoms with E-state index in [0.29, 0.717) is 11.5 Å². The second-order valence-corrected chi connectivity index (χ2v) is 4.71. The van der Waals surface area contributed by atoms with E-state index in [1.165, 1.54) is 0 Å². The summed E-state index contributed by atoms with van der Waals surface area (Å²) in [5, 5.41) is 0.572. The van der Waals surface area contributed by atoms with Gasteiger partial charge in [0.2, 0.25) is 0 Å². The van der Waals surface area contributed by atoms with Crippen molar-refractivity contribution < 1.29 is 19.2 Å². The Morgan fingerprint density at radius 1 is 1.44 bits per heavy atom. The van der Waals surface area contributed by atoms with Gasteiger partial charge in [0.1, 0.15) is 4.83 Å². The predicted octanol–water partition coefficient (Wildman–Crippen LogP) is 1.55. The molecule has 0 aromatic rings. The molecule has 0 aliphatic carbocycles. The number of rotatable bonds is 5. The van der Waals surface area contributed by atoms with E-state index in [1.54, 1.807) is 0 Å². The number of hydroxylamine groups is 2. The van der Waals surface area contributed by atoms with Crippen LogP contribution >= 0.6 is 15.9 Å². The lowest BCUT2D eigenvalue weighted by atomic mass is 10.2. The molecule has 2 amide bonds. The minimum absolute atomic E-state index is 0.119. The van der Waals surface area contributed by atoms with E-state index in [2.05, 4.69) is 15.9 Å². The number of halogens is 1. The van der Waals surface area contributed by atoms with E-state index in [-0.39, 0.29) is 12.8 Å². The first kappa shape index (κ1) is 13.2. The molecule has 1 saturated heterocycles. The summed E-state index contributed by atoms with van der Waals surface area (Å²) < 4.78 is 0. The highest BCUT2D eigenvalue weighted by Crippen LogP contribution is 2.16. The molecule has 6 heteroatoms. The van der Waals surface area contributed by atoms with Gasteiger partial charge in [0.15, 0.2) is 0 Å². The van der Waals surface area contributed by atoms with Crippen LogP contribution in [0.1, 0.15) is 39.0 Å². The summed E-state index contributed by atoms with van der Waals surface area (Å²) in [6.07, 6.45) is 2.72.